The Bertz CT molecular complexity index is 402. The fourth-order valence-corrected chi connectivity index (χ4v) is 2.19. The van der Waals surface area contributed by atoms with Crippen molar-refractivity contribution in [1.29, 1.82) is 0 Å². The molecule has 3 N–H and O–H groups in total. The largest absolute Gasteiger partial charge is 0.393 e. The van der Waals surface area contributed by atoms with Crippen LogP contribution in [0.5, 0.6) is 0 Å². The molecule has 1 aromatic rings. The molecule has 0 bridgehead atoms. The van der Waals surface area contributed by atoms with Gasteiger partial charge in [-0.2, -0.15) is 0 Å². The van der Waals surface area contributed by atoms with E-state index in [0.29, 0.717) is 31.5 Å². The first-order valence-electron chi connectivity index (χ1n) is 6.60. The smallest absolute Gasteiger partial charge is 0.251 e. The van der Waals surface area contributed by atoms with E-state index in [0.717, 1.165) is 0 Å². The zero-order valence-corrected chi connectivity index (χ0v) is 10.8. The number of piperidine rings is 1. The number of hydrogen-bond donors (Lipinski definition) is 3. The summed E-state index contributed by atoms with van der Waals surface area (Å²) in [6.45, 7) is 1.51. The summed E-state index contributed by atoms with van der Waals surface area (Å²) in [7, 11) is 0. The van der Waals surface area contributed by atoms with Crippen molar-refractivity contribution in [3.63, 3.8) is 0 Å². The van der Waals surface area contributed by atoms with Gasteiger partial charge >= 0.3 is 0 Å². The summed E-state index contributed by atoms with van der Waals surface area (Å²) < 4.78 is 0. The quantitative estimate of drug-likeness (QED) is 0.726. The lowest BCUT2D eigenvalue weighted by molar-refractivity contribution is -0.0303. The van der Waals surface area contributed by atoms with Crippen molar-refractivity contribution in [2.45, 2.75) is 25.2 Å². The Kier molecular flexibility index (Phi) is 4.90. The van der Waals surface area contributed by atoms with Crippen molar-refractivity contribution in [3.05, 3.63) is 35.9 Å². The van der Waals surface area contributed by atoms with Crippen LogP contribution in [0.25, 0.3) is 0 Å². The molecule has 1 aliphatic heterocycles. The maximum atomic E-state index is 11.8. The molecule has 5 nitrogen and oxygen atoms in total. The van der Waals surface area contributed by atoms with E-state index in [2.05, 4.69) is 5.32 Å². The van der Waals surface area contributed by atoms with Crippen LogP contribution in [0, 0.1) is 0 Å². The molecule has 1 fully saturated rings. The maximum absolute atomic E-state index is 11.8. The first kappa shape index (κ1) is 14.0. The number of rotatable bonds is 4. The Balaban J connectivity index is 1.77. The fraction of sp³-hybridized carbons (Fsp3) is 0.500. The Morgan fingerprint density at radius 2 is 1.95 bits per heavy atom. The van der Waals surface area contributed by atoms with E-state index in [1.165, 1.54) is 0 Å². The molecule has 1 heterocycles. The second-order valence-corrected chi connectivity index (χ2v) is 4.82. The molecule has 0 saturated carbocycles. The molecule has 5 heteroatoms. The van der Waals surface area contributed by atoms with Gasteiger partial charge in [-0.05, 0) is 25.0 Å². The monoisotopic (exact) mass is 264 g/mol. The summed E-state index contributed by atoms with van der Waals surface area (Å²) in [6, 6.07) is 8.93. The van der Waals surface area contributed by atoms with E-state index < -0.39 is 6.23 Å². The van der Waals surface area contributed by atoms with Crippen molar-refractivity contribution in [2.75, 3.05) is 19.6 Å². The number of carbonyl (C=O) groups excluding carboxylic acids is 1. The minimum absolute atomic E-state index is 0.184. The average molecular weight is 264 g/mol. The van der Waals surface area contributed by atoms with Crippen LogP contribution in [0.15, 0.2) is 30.3 Å². The molecule has 0 aromatic heterocycles. The Labute approximate surface area is 112 Å². The van der Waals surface area contributed by atoms with E-state index in [9.17, 15) is 15.0 Å². The Morgan fingerprint density at radius 3 is 2.58 bits per heavy atom. The van der Waals surface area contributed by atoms with Crippen molar-refractivity contribution in [3.8, 4) is 0 Å². The normalized spacial score (nSPS) is 19.1. The molecule has 1 aromatic carbocycles. The van der Waals surface area contributed by atoms with Gasteiger partial charge in [-0.3, -0.25) is 9.69 Å². The molecular formula is C14H20N2O3. The summed E-state index contributed by atoms with van der Waals surface area (Å²) in [4.78, 5) is 13.7. The lowest BCUT2D eigenvalue weighted by atomic mass is 10.1. The Morgan fingerprint density at radius 1 is 1.32 bits per heavy atom. The van der Waals surface area contributed by atoms with Gasteiger partial charge in [-0.1, -0.05) is 18.2 Å². The van der Waals surface area contributed by atoms with Crippen LogP contribution in [0.2, 0.25) is 0 Å². The third-order valence-electron chi connectivity index (χ3n) is 3.40. The summed E-state index contributed by atoms with van der Waals surface area (Å²) in [5.74, 6) is -0.184. The molecule has 19 heavy (non-hydrogen) atoms. The van der Waals surface area contributed by atoms with Gasteiger partial charge in [0.05, 0.1) is 12.6 Å². The first-order valence-corrected chi connectivity index (χ1v) is 6.60. The Hall–Kier alpha value is -1.43. The van der Waals surface area contributed by atoms with E-state index in [1.807, 2.05) is 11.0 Å². The second-order valence-electron chi connectivity index (χ2n) is 4.82. The van der Waals surface area contributed by atoms with E-state index in [-0.39, 0.29) is 18.6 Å². The third kappa shape index (κ3) is 4.02. The molecule has 0 aliphatic carbocycles. The van der Waals surface area contributed by atoms with Gasteiger partial charge in [0.25, 0.3) is 5.91 Å². The van der Waals surface area contributed by atoms with Crippen molar-refractivity contribution >= 4 is 5.91 Å². The standard InChI is InChI=1S/C14H20N2O3/c17-12-6-8-16(9-7-12)13(18)10-15-14(19)11-4-2-1-3-5-11/h1-5,12-13,17-18H,6-10H2,(H,15,19). The number of nitrogens with zero attached hydrogens (tertiary/aromatic N) is 1. The predicted molar refractivity (Wildman–Crippen MR) is 71.6 cm³/mol. The van der Waals surface area contributed by atoms with Gasteiger partial charge in [0.2, 0.25) is 0 Å². The highest BCUT2D eigenvalue weighted by molar-refractivity contribution is 5.94. The van der Waals surface area contributed by atoms with Crippen LogP contribution in [0.1, 0.15) is 23.2 Å². The van der Waals surface area contributed by atoms with Crippen molar-refractivity contribution < 1.29 is 15.0 Å². The van der Waals surface area contributed by atoms with Crippen LogP contribution in [-0.2, 0) is 0 Å². The molecule has 0 radical (unpaired) electrons. The number of benzene rings is 1. The van der Waals surface area contributed by atoms with Crippen molar-refractivity contribution in [1.82, 2.24) is 10.2 Å². The number of aliphatic hydroxyl groups excluding tert-OH is 2. The first-order chi connectivity index (χ1) is 9.16. The molecule has 104 valence electrons. The second kappa shape index (κ2) is 6.65. The number of aliphatic hydroxyl groups is 2. The lowest BCUT2D eigenvalue weighted by Gasteiger charge is -2.33. The molecule has 0 spiro atoms. The molecule has 1 atom stereocenters. The minimum Gasteiger partial charge on any atom is -0.393 e. The van der Waals surface area contributed by atoms with Crippen LogP contribution in [0.4, 0.5) is 0 Å². The summed E-state index contributed by atoms with van der Waals surface area (Å²) in [5.41, 5.74) is 0.587. The van der Waals surface area contributed by atoms with Gasteiger partial charge in [-0.15, -0.1) is 0 Å². The van der Waals surface area contributed by atoms with Gasteiger partial charge in [0.15, 0.2) is 0 Å². The van der Waals surface area contributed by atoms with Crippen LogP contribution in [-0.4, -0.2) is 53.0 Å². The topological polar surface area (TPSA) is 72.8 Å². The van der Waals surface area contributed by atoms with Crippen LogP contribution < -0.4 is 5.32 Å². The third-order valence-corrected chi connectivity index (χ3v) is 3.40. The predicted octanol–water partition coefficient (Wildman–Crippen LogP) is 0.192. The zero-order chi connectivity index (χ0) is 13.7. The molecule has 1 unspecified atom stereocenters. The highest BCUT2D eigenvalue weighted by Crippen LogP contribution is 2.11. The van der Waals surface area contributed by atoms with Gasteiger partial charge in [0, 0.05) is 18.7 Å². The average Bonchev–Trinajstić information content (AvgIpc) is 2.46. The SMILES string of the molecule is O=C(NCC(O)N1CCC(O)CC1)c1ccccc1. The number of nitrogens with one attached hydrogen (secondary N) is 1. The molecule has 2 rings (SSSR count). The highest BCUT2D eigenvalue weighted by atomic mass is 16.3. The highest BCUT2D eigenvalue weighted by Gasteiger charge is 2.22. The lowest BCUT2D eigenvalue weighted by Crippen LogP contribution is -2.48. The van der Waals surface area contributed by atoms with Gasteiger partial charge in [-0.25, -0.2) is 0 Å². The summed E-state index contributed by atoms with van der Waals surface area (Å²) in [5, 5.41) is 22.1. The number of amides is 1. The molecule has 1 amide bonds. The molecule has 1 aliphatic rings. The number of hydrogen-bond acceptors (Lipinski definition) is 4. The number of likely N-dealkylation sites (tertiary alicyclic amines) is 1. The molecular weight excluding hydrogens is 244 g/mol. The summed E-state index contributed by atoms with van der Waals surface area (Å²) >= 11 is 0. The van der Waals surface area contributed by atoms with Crippen molar-refractivity contribution in [2.24, 2.45) is 0 Å². The maximum Gasteiger partial charge on any atom is 0.251 e. The number of carbonyl (C=O) groups is 1. The van der Waals surface area contributed by atoms with Crippen LogP contribution >= 0.6 is 0 Å². The van der Waals surface area contributed by atoms with E-state index in [4.69, 9.17) is 0 Å². The minimum atomic E-state index is -0.694. The van der Waals surface area contributed by atoms with E-state index >= 15 is 0 Å². The molecule has 1 saturated heterocycles. The van der Waals surface area contributed by atoms with Gasteiger partial charge in [0.1, 0.15) is 6.23 Å². The summed E-state index contributed by atoms with van der Waals surface area (Å²) in [6.07, 6.45) is 0.385. The zero-order valence-electron chi connectivity index (χ0n) is 10.8. The van der Waals surface area contributed by atoms with Crippen LogP contribution in [0.3, 0.4) is 0 Å². The fourth-order valence-electron chi connectivity index (χ4n) is 2.19. The van der Waals surface area contributed by atoms with Gasteiger partial charge < -0.3 is 15.5 Å². The van der Waals surface area contributed by atoms with E-state index in [1.54, 1.807) is 24.3 Å².